The van der Waals surface area contributed by atoms with E-state index in [2.05, 4.69) is 0 Å². The zero-order chi connectivity index (χ0) is 19.8. The molecule has 1 saturated heterocycles. The molecule has 1 fully saturated rings. The standard InChI is InChI=1S/C22H23FN2O3/c1-14-21(18-10-16(27-3)8-9-20(18)24(14)2)22(26)25-11-17(12-25)28-13-15-6-4-5-7-19(15)23/h4-10,17H,11-13H2,1-3H3. The van der Waals surface area contributed by atoms with Crippen LogP contribution in [0.1, 0.15) is 21.6 Å². The third kappa shape index (κ3) is 3.14. The van der Waals surface area contributed by atoms with Crippen molar-refractivity contribution in [1.29, 1.82) is 0 Å². The van der Waals surface area contributed by atoms with Gasteiger partial charge in [-0.25, -0.2) is 4.39 Å². The summed E-state index contributed by atoms with van der Waals surface area (Å²) in [6, 6.07) is 12.3. The number of nitrogens with zero attached hydrogens (tertiary/aromatic N) is 2. The number of amides is 1. The molecule has 2 heterocycles. The molecule has 0 saturated carbocycles. The van der Waals surface area contributed by atoms with Gasteiger partial charge in [0.15, 0.2) is 0 Å². The molecule has 0 atom stereocenters. The number of hydrogen-bond acceptors (Lipinski definition) is 3. The molecule has 4 rings (SSSR count). The van der Waals surface area contributed by atoms with Crippen molar-refractivity contribution in [3.63, 3.8) is 0 Å². The van der Waals surface area contributed by atoms with Crippen LogP contribution in [0.15, 0.2) is 42.5 Å². The first-order chi connectivity index (χ1) is 13.5. The average Bonchev–Trinajstić information content (AvgIpc) is 2.91. The fraction of sp³-hybridized carbons (Fsp3) is 0.318. The van der Waals surface area contributed by atoms with Crippen molar-refractivity contribution in [2.24, 2.45) is 7.05 Å². The second-order valence-electron chi connectivity index (χ2n) is 7.14. The molecular formula is C22H23FN2O3. The molecule has 0 radical (unpaired) electrons. The second-order valence-corrected chi connectivity index (χ2v) is 7.14. The number of hydrogen-bond donors (Lipinski definition) is 0. The average molecular weight is 382 g/mol. The van der Waals surface area contributed by atoms with Crippen molar-refractivity contribution in [3.05, 3.63) is 65.1 Å². The van der Waals surface area contributed by atoms with E-state index in [1.165, 1.54) is 6.07 Å². The van der Waals surface area contributed by atoms with Gasteiger partial charge in [0.1, 0.15) is 11.6 Å². The van der Waals surface area contributed by atoms with E-state index in [9.17, 15) is 9.18 Å². The van der Waals surface area contributed by atoms with Gasteiger partial charge in [0.25, 0.3) is 5.91 Å². The van der Waals surface area contributed by atoms with Crippen molar-refractivity contribution in [2.75, 3.05) is 20.2 Å². The molecule has 0 aliphatic carbocycles. The first kappa shape index (κ1) is 18.5. The maximum absolute atomic E-state index is 13.7. The predicted octanol–water partition coefficient (Wildman–Crippen LogP) is 3.68. The normalized spacial score (nSPS) is 14.4. The first-order valence-electron chi connectivity index (χ1n) is 9.27. The van der Waals surface area contributed by atoms with Gasteiger partial charge in [-0.3, -0.25) is 4.79 Å². The Balaban J connectivity index is 1.46. The monoisotopic (exact) mass is 382 g/mol. The lowest BCUT2D eigenvalue weighted by Crippen LogP contribution is -2.54. The van der Waals surface area contributed by atoms with E-state index in [0.717, 1.165) is 22.3 Å². The summed E-state index contributed by atoms with van der Waals surface area (Å²) in [4.78, 5) is 14.9. The molecule has 3 aromatic rings. The van der Waals surface area contributed by atoms with Crippen molar-refractivity contribution < 1.29 is 18.7 Å². The van der Waals surface area contributed by atoms with Crippen LogP contribution in [-0.4, -0.2) is 41.7 Å². The van der Waals surface area contributed by atoms with Gasteiger partial charge in [0.05, 0.1) is 25.4 Å². The number of aryl methyl sites for hydroxylation is 1. The van der Waals surface area contributed by atoms with Crippen LogP contribution in [0.3, 0.4) is 0 Å². The molecule has 1 aliphatic heterocycles. The minimum absolute atomic E-state index is 0.0119. The molecule has 6 heteroatoms. The van der Waals surface area contributed by atoms with Gasteiger partial charge >= 0.3 is 0 Å². The van der Waals surface area contributed by atoms with E-state index in [1.54, 1.807) is 30.2 Å². The highest BCUT2D eigenvalue weighted by Gasteiger charge is 2.34. The van der Waals surface area contributed by atoms with Crippen LogP contribution in [0.5, 0.6) is 5.75 Å². The van der Waals surface area contributed by atoms with Crippen LogP contribution in [0, 0.1) is 12.7 Å². The highest BCUT2D eigenvalue weighted by atomic mass is 19.1. The Morgan fingerprint density at radius 1 is 1.21 bits per heavy atom. The smallest absolute Gasteiger partial charge is 0.256 e. The van der Waals surface area contributed by atoms with Crippen LogP contribution in [0.4, 0.5) is 4.39 Å². The zero-order valence-electron chi connectivity index (χ0n) is 16.2. The van der Waals surface area contributed by atoms with E-state index < -0.39 is 0 Å². The van der Waals surface area contributed by atoms with Gasteiger partial charge < -0.3 is 18.9 Å². The molecule has 0 N–H and O–H groups in total. The van der Waals surface area contributed by atoms with Crippen LogP contribution in [0.2, 0.25) is 0 Å². The fourth-order valence-corrected chi connectivity index (χ4v) is 3.64. The third-order valence-electron chi connectivity index (χ3n) is 5.48. The molecule has 1 amide bonds. The maximum atomic E-state index is 13.7. The number of ether oxygens (including phenoxy) is 2. The fourth-order valence-electron chi connectivity index (χ4n) is 3.64. The number of benzene rings is 2. The molecule has 0 spiro atoms. The largest absolute Gasteiger partial charge is 0.497 e. The van der Waals surface area contributed by atoms with Crippen LogP contribution >= 0.6 is 0 Å². The Hall–Kier alpha value is -2.86. The van der Waals surface area contributed by atoms with Crippen molar-refractivity contribution in [3.8, 4) is 5.75 Å². The zero-order valence-corrected chi connectivity index (χ0v) is 16.2. The van der Waals surface area contributed by atoms with E-state index in [4.69, 9.17) is 9.47 Å². The Morgan fingerprint density at radius 2 is 1.96 bits per heavy atom. The number of rotatable bonds is 5. The van der Waals surface area contributed by atoms with Crippen LogP contribution < -0.4 is 4.74 Å². The number of carbonyl (C=O) groups is 1. The summed E-state index contributed by atoms with van der Waals surface area (Å²) in [7, 11) is 3.57. The highest BCUT2D eigenvalue weighted by Crippen LogP contribution is 2.31. The summed E-state index contributed by atoms with van der Waals surface area (Å²) in [6.07, 6.45) is -0.0756. The van der Waals surface area contributed by atoms with Crippen LogP contribution in [0.25, 0.3) is 10.9 Å². The number of aromatic nitrogens is 1. The van der Waals surface area contributed by atoms with Gasteiger partial charge in [-0.15, -0.1) is 0 Å². The Bertz CT molecular complexity index is 1040. The Kier molecular flexibility index (Phi) is 4.81. The summed E-state index contributed by atoms with van der Waals surface area (Å²) in [5, 5.41) is 0.889. The summed E-state index contributed by atoms with van der Waals surface area (Å²) in [5.74, 6) is 0.444. The van der Waals surface area contributed by atoms with Crippen molar-refractivity contribution in [1.82, 2.24) is 9.47 Å². The summed E-state index contributed by atoms with van der Waals surface area (Å²) >= 11 is 0. The van der Waals surface area contributed by atoms with E-state index in [-0.39, 0.29) is 24.4 Å². The van der Waals surface area contributed by atoms with Crippen LogP contribution in [-0.2, 0) is 18.4 Å². The molecule has 0 unspecified atom stereocenters. The molecule has 5 nitrogen and oxygen atoms in total. The molecule has 2 aromatic carbocycles. The maximum Gasteiger partial charge on any atom is 0.256 e. The quantitative estimate of drug-likeness (QED) is 0.676. The summed E-state index contributed by atoms with van der Waals surface area (Å²) in [5.41, 5.74) is 3.15. The lowest BCUT2D eigenvalue weighted by molar-refractivity contribution is -0.0509. The molecule has 1 aliphatic rings. The number of halogens is 1. The summed E-state index contributed by atoms with van der Waals surface area (Å²) < 4.78 is 26.8. The minimum atomic E-state index is -0.268. The van der Waals surface area contributed by atoms with Gasteiger partial charge in [0.2, 0.25) is 0 Å². The van der Waals surface area contributed by atoms with Crippen molar-refractivity contribution >= 4 is 16.8 Å². The number of carbonyl (C=O) groups excluding carboxylic acids is 1. The van der Waals surface area contributed by atoms with E-state index in [0.29, 0.717) is 24.2 Å². The predicted molar refractivity (Wildman–Crippen MR) is 105 cm³/mol. The van der Waals surface area contributed by atoms with Gasteiger partial charge in [0, 0.05) is 42.3 Å². The lowest BCUT2D eigenvalue weighted by Gasteiger charge is -2.39. The SMILES string of the molecule is COc1ccc2c(c1)c(C(=O)N1CC(OCc3ccccc3F)C1)c(C)n2C. The third-order valence-corrected chi connectivity index (χ3v) is 5.48. The van der Waals surface area contributed by atoms with E-state index in [1.807, 2.05) is 36.7 Å². The molecule has 28 heavy (non-hydrogen) atoms. The molecule has 146 valence electrons. The van der Waals surface area contributed by atoms with Gasteiger partial charge in [-0.1, -0.05) is 18.2 Å². The van der Waals surface area contributed by atoms with Crippen molar-refractivity contribution in [2.45, 2.75) is 19.6 Å². The second kappa shape index (κ2) is 7.28. The van der Waals surface area contributed by atoms with E-state index >= 15 is 0 Å². The Labute approximate surface area is 163 Å². The summed E-state index contributed by atoms with van der Waals surface area (Å²) in [6.45, 7) is 3.18. The topological polar surface area (TPSA) is 43.7 Å². The van der Waals surface area contributed by atoms with Gasteiger partial charge in [-0.2, -0.15) is 0 Å². The Morgan fingerprint density at radius 3 is 2.68 bits per heavy atom. The molecule has 0 bridgehead atoms. The lowest BCUT2D eigenvalue weighted by atomic mass is 10.1. The first-order valence-corrected chi connectivity index (χ1v) is 9.27. The molecular weight excluding hydrogens is 359 g/mol. The highest BCUT2D eigenvalue weighted by molar-refractivity contribution is 6.09. The minimum Gasteiger partial charge on any atom is -0.497 e. The number of fused-ring (bicyclic) bond motifs is 1. The molecule has 1 aromatic heterocycles. The number of likely N-dealkylation sites (tertiary alicyclic amines) is 1. The number of methoxy groups -OCH3 is 1. The van der Waals surface area contributed by atoms with Gasteiger partial charge in [-0.05, 0) is 31.2 Å².